The molecular weight excluding hydrogens is 636 g/mol. The second-order valence-electron chi connectivity index (χ2n) is 14.8. The van der Waals surface area contributed by atoms with Gasteiger partial charge < -0.3 is 19.3 Å². The van der Waals surface area contributed by atoms with Crippen molar-refractivity contribution in [2.45, 2.75) is 225 Å². The number of hydrogen-bond donors (Lipinski definition) is 1. The molecule has 1 rings (SSSR count). The van der Waals surface area contributed by atoms with Gasteiger partial charge in [-0.15, -0.1) is 0 Å². The standard InChI is InChI=1S/C45H80O6/c1-3-5-7-9-11-13-15-17-18-19-20-21-22-23-25-27-29-31-33-37-45(48)50-41(39-46)40-49-44(47)38-34-36-43-42(51-43)35-32-30-28-26-24-16-14-12-10-8-6-4-2/h12,14,24,26,30,32,41-43,46H,3-11,13,15-23,25,27-29,31,33-40H2,1-2H3/b14-12-,26-24-,32-30-/t41-,42?,43?/m0/s1. The molecule has 0 spiro atoms. The van der Waals surface area contributed by atoms with Gasteiger partial charge in [0.05, 0.1) is 18.8 Å². The summed E-state index contributed by atoms with van der Waals surface area (Å²) in [6.07, 6.45) is 48.1. The third kappa shape index (κ3) is 32.5. The molecule has 6 heteroatoms. The predicted octanol–water partition coefficient (Wildman–Crippen LogP) is 12.6. The summed E-state index contributed by atoms with van der Waals surface area (Å²) in [5.74, 6) is -0.660. The number of allylic oxidation sites excluding steroid dienone is 5. The molecule has 296 valence electrons. The lowest BCUT2D eigenvalue weighted by Crippen LogP contribution is -2.28. The number of rotatable bonds is 38. The summed E-state index contributed by atoms with van der Waals surface area (Å²) < 4.78 is 16.4. The summed E-state index contributed by atoms with van der Waals surface area (Å²) >= 11 is 0. The number of aliphatic hydroxyl groups excluding tert-OH is 1. The van der Waals surface area contributed by atoms with E-state index in [0.29, 0.717) is 19.3 Å². The maximum Gasteiger partial charge on any atom is 0.306 e. The monoisotopic (exact) mass is 717 g/mol. The van der Waals surface area contributed by atoms with E-state index >= 15 is 0 Å². The summed E-state index contributed by atoms with van der Waals surface area (Å²) in [5, 5.41) is 9.60. The van der Waals surface area contributed by atoms with Crippen LogP contribution in [0.3, 0.4) is 0 Å². The molecule has 0 aromatic heterocycles. The molecule has 0 radical (unpaired) electrons. The van der Waals surface area contributed by atoms with E-state index < -0.39 is 6.10 Å². The second kappa shape index (κ2) is 36.4. The first-order chi connectivity index (χ1) is 25.1. The van der Waals surface area contributed by atoms with Crippen LogP contribution in [0.15, 0.2) is 36.5 Å². The van der Waals surface area contributed by atoms with Crippen molar-refractivity contribution in [3.8, 4) is 0 Å². The molecule has 1 aliphatic rings. The Morgan fingerprint density at radius 2 is 1.04 bits per heavy atom. The number of carbonyl (C=O) groups is 2. The van der Waals surface area contributed by atoms with Crippen LogP contribution in [-0.2, 0) is 23.8 Å². The Hall–Kier alpha value is -1.92. The molecule has 1 N–H and O–H groups in total. The summed E-state index contributed by atoms with van der Waals surface area (Å²) in [4.78, 5) is 24.4. The van der Waals surface area contributed by atoms with E-state index in [0.717, 1.165) is 44.9 Å². The quantitative estimate of drug-likeness (QED) is 0.0296. The first-order valence-corrected chi connectivity index (χ1v) is 21.7. The van der Waals surface area contributed by atoms with Gasteiger partial charge in [0.1, 0.15) is 6.61 Å². The van der Waals surface area contributed by atoms with Gasteiger partial charge in [0.2, 0.25) is 0 Å². The summed E-state index contributed by atoms with van der Waals surface area (Å²) in [6, 6.07) is 0. The highest BCUT2D eigenvalue weighted by Gasteiger charge is 2.36. The summed E-state index contributed by atoms with van der Waals surface area (Å²) in [5.41, 5.74) is 0. The molecule has 0 aromatic rings. The Morgan fingerprint density at radius 1 is 0.569 bits per heavy atom. The third-order valence-electron chi connectivity index (χ3n) is 9.86. The number of epoxide rings is 1. The van der Waals surface area contributed by atoms with Crippen LogP contribution in [0.4, 0.5) is 0 Å². The predicted molar refractivity (Wildman–Crippen MR) is 214 cm³/mol. The molecule has 6 nitrogen and oxygen atoms in total. The van der Waals surface area contributed by atoms with Crippen LogP contribution in [0, 0.1) is 0 Å². The molecule has 0 bridgehead atoms. The zero-order valence-corrected chi connectivity index (χ0v) is 33.3. The Morgan fingerprint density at radius 3 is 1.59 bits per heavy atom. The number of unbranched alkanes of at least 4 members (excludes halogenated alkanes) is 21. The molecule has 0 amide bonds. The van der Waals surface area contributed by atoms with Crippen LogP contribution in [-0.4, -0.2) is 48.6 Å². The minimum atomic E-state index is -0.799. The van der Waals surface area contributed by atoms with Crippen molar-refractivity contribution in [1.29, 1.82) is 0 Å². The fourth-order valence-electron chi connectivity index (χ4n) is 6.47. The second-order valence-corrected chi connectivity index (χ2v) is 14.8. The van der Waals surface area contributed by atoms with Gasteiger partial charge in [-0.25, -0.2) is 0 Å². The zero-order chi connectivity index (χ0) is 36.9. The van der Waals surface area contributed by atoms with Crippen LogP contribution in [0.2, 0.25) is 0 Å². The minimum absolute atomic E-state index is 0.0999. The van der Waals surface area contributed by atoms with Crippen molar-refractivity contribution >= 4 is 11.9 Å². The first-order valence-electron chi connectivity index (χ1n) is 21.7. The van der Waals surface area contributed by atoms with Gasteiger partial charge in [-0.05, 0) is 51.4 Å². The summed E-state index contributed by atoms with van der Waals surface area (Å²) in [6.45, 7) is 4.06. The Balaban J connectivity index is 1.90. The van der Waals surface area contributed by atoms with Gasteiger partial charge in [-0.3, -0.25) is 9.59 Å². The molecule has 0 aliphatic carbocycles. The maximum absolute atomic E-state index is 12.2. The van der Waals surface area contributed by atoms with Crippen molar-refractivity contribution in [2.75, 3.05) is 13.2 Å². The number of esters is 2. The van der Waals surface area contributed by atoms with Crippen LogP contribution >= 0.6 is 0 Å². The Labute approximate surface area is 314 Å². The highest BCUT2D eigenvalue weighted by Crippen LogP contribution is 2.30. The van der Waals surface area contributed by atoms with Crippen LogP contribution in [0.5, 0.6) is 0 Å². The van der Waals surface area contributed by atoms with E-state index in [-0.39, 0.29) is 37.4 Å². The average Bonchev–Trinajstić information content (AvgIpc) is 3.89. The molecular formula is C45H80O6. The van der Waals surface area contributed by atoms with Gasteiger partial charge in [0.25, 0.3) is 0 Å². The molecule has 3 atom stereocenters. The lowest BCUT2D eigenvalue weighted by Gasteiger charge is -2.15. The summed E-state index contributed by atoms with van der Waals surface area (Å²) in [7, 11) is 0. The minimum Gasteiger partial charge on any atom is -0.462 e. The first kappa shape index (κ1) is 47.1. The molecule has 0 saturated carbocycles. The van der Waals surface area contributed by atoms with E-state index in [4.69, 9.17) is 14.2 Å². The molecule has 1 fully saturated rings. The van der Waals surface area contributed by atoms with Gasteiger partial charge in [0, 0.05) is 12.8 Å². The number of hydrogen-bond acceptors (Lipinski definition) is 6. The molecule has 1 heterocycles. The molecule has 51 heavy (non-hydrogen) atoms. The van der Waals surface area contributed by atoms with Crippen LogP contribution < -0.4 is 0 Å². The van der Waals surface area contributed by atoms with Crippen LogP contribution in [0.1, 0.15) is 206 Å². The molecule has 1 aliphatic heterocycles. The number of carbonyl (C=O) groups excluding carboxylic acids is 2. The van der Waals surface area contributed by atoms with Gasteiger partial charge in [-0.2, -0.15) is 0 Å². The Bertz CT molecular complexity index is 880. The fraction of sp³-hybridized carbons (Fsp3) is 0.822. The number of ether oxygens (including phenoxy) is 3. The maximum atomic E-state index is 12.2. The van der Waals surface area contributed by atoms with E-state index in [1.807, 2.05) is 0 Å². The Kier molecular flexibility index (Phi) is 33.7. The third-order valence-corrected chi connectivity index (χ3v) is 9.86. The normalized spacial score (nSPS) is 16.5. The van der Waals surface area contributed by atoms with E-state index in [1.165, 1.54) is 128 Å². The molecule has 1 saturated heterocycles. The number of aliphatic hydroxyl groups is 1. The smallest absolute Gasteiger partial charge is 0.306 e. The highest BCUT2D eigenvalue weighted by molar-refractivity contribution is 5.70. The topological polar surface area (TPSA) is 85.4 Å². The fourth-order valence-corrected chi connectivity index (χ4v) is 6.47. The van der Waals surface area contributed by atoms with Gasteiger partial charge >= 0.3 is 11.9 Å². The average molecular weight is 717 g/mol. The zero-order valence-electron chi connectivity index (χ0n) is 33.3. The van der Waals surface area contributed by atoms with Gasteiger partial charge in [-0.1, -0.05) is 179 Å². The largest absolute Gasteiger partial charge is 0.462 e. The lowest BCUT2D eigenvalue weighted by atomic mass is 10.0. The SMILES string of the molecule is CCCCC/C=C\C/C=C\C/C=C\CC1OC1CCCC(=O)OC[C@H](CO)OC(=O)CCCCCCCCCCCCCCCCCCCCC. The van der Waals surface area contributed by atoms with Crippen molar-refractivity contribution < 1.29 is 28.9 Å². The molecule has 0 aromatic carbocycles. The van der Waals surface area contributed by atoms with Crippen LogP contribution in [0.25, 0.3) is 0 Å². The molecule has 2 unspecified atom stereocenters. The van der Waals surface area contributed by atoms with E-state index in [9.17, 15) is 14.7 Å². The van der Waals surface area contributed by atoms with E-state index in [2.05, 4.69) is 50.3 Å². The van der Waals surface area contributed by atoms with E-state index in [1.54, 1.807) is 0 Å². The van der Waals surface area contributed by atoms with Crippen molar-refractivity contribution in [3.05, 3.63) is 36.5 Å². The van der Waals surface area contributed by atoms with Crippen molar-refractivity contribution in [2.24, 2.45) is 0 Å². The van der Waals surface area contributed by atoms with Crippen molar-refractivity contribution in [1.82, 2.24) is 0 Å². The highest BCUT2D eigenvalue weighted by atomic mass is 16.6. The van der Waals surface area contributed by atoms with Gasteiger partial charge in [0.15, 0.2) is 6.10 Å². The van der Waals surface area contributed by atoms with Crippen molar-refractivity contribution in [3.63, 3.8) is 0 Å². The lowest BCUT2D eigenvalue weighted by molar-refractivity contribution is -0.161.